The molecule has 0 aliphatic rings. The number of hydrogen-bond acceptors (Lipinski definition) is 1. The van der Waals surface area contributed by atoms with Gasteiger partial charge in [0, 0.05) is 11.6 Å². The number of hydrogen-bond donors (Lipinski definition) is 1. The van der Waals surface area contributed by atoms with Gasteiger partial charge in [-0.2, -0.15) is 0 Å². The molecule has 1 N–H and O–H groups in total. The van der Waals surface area contributed by atoms with E-state index < -0.39 is 0 Å². The van der Waals surface area contributed by atoms with Gasteiger partial charge in [-0.05, 0) is 42.0 Å². The van der Waals surface area contributed by atoms with E-state index in [2.05, 4.69) is 0 Å². The molecule has 0 spiro atoms. The number of aliphatic hydroxyl groups is 1. The van der Waals surface area contributed by atoms with Crippen LogP contribution in [0.15, 0.2) is 18.2 Å². The highest BCUT2D eigenvalue weighted by molar-refractivity contribution is 6.30. The van der Waals surface area contributed by atoms with Crippen molar-refractivity contribution in [2.45, 2.75) is 26.7 Å². The van der Waals surface area contributed by atoms with E-state index in [1.54, 1.807) is 6.07 Å². The van der Waals surface area contributed by atoms with Crippen LogP contribution in [0.5, 0.6) is 0 Å². The minimum Gasteiger partial charge on any atom is -0.396 e. The van der Waals surface area contributed by atoms with Gasteiger partial charge in [0.1, 0.15) is 5.82 Å². The van der Waals surface area contributed by atoms with Crippen LogP contribution in [0.4, 0.5) is 4.39 Å². The molecule has 1 unspecified atom stereocenters. The second-order valence-corrected chi connectivity index (χ2v) is 4.67. The van der Waals surface area contributed by atoms with Crippen LogP contribution in [0.3, 0.4) is 0 Å². The molecule has 0 aromatic heterocycles. The molecule has 1 aromatic carbocycles. The summed E-state index contributed by atoms with van der Waals surface area (Å²) in [5, 5.41) is 9.78. The summed E-state index contributed by atoms with van der Waals surface area (Å²) < 4.78 is 13.4. The van der Waals surface area contributed by atoms with Crippen LogP contribution in [0, 0.1) is 11.2 Å². The van der Waals surface area contributed by atoms with Crippen molar-refractivity contribution < 1.29 is 9.50 Å². The quantitative estimate of drug-likeness (QED) is 0.840. The van der Waals surface area contributed by atoms with Crippen molar-refractivity contribution in [2.75, 3.05) is 6.61 Å². The minimum atomic E-state index is -0.272. The van der Waals surface area contributed by atoms with E-state index in [0.717, 1.165) is 6.42 Å². The van der Waals surface area contributed by atoms with Crippen LogP contribution < -0.4 is 0 Å². The zero-order valence-electron chi connectivity index (χ0n) is 9.06. The predicted molar refractivity (Wildman–Crippen MR) is 60.6 cm³/mol. The van der Waals surface area contributed by atoms with Gasteiger partial charge in [-0.25, -0.2) is 4.39 Å². The zero-order valence-corrected chi connectivity index (χ0v) is 9.81. The SMILES string of the molecule is CCC(C)(CO)Cc1cc(Cl)ccc1F. The maximum absolute atomic E-state index is 13.4. The first-order valence-corrected chi connectivity index (χ1v) is 5.43. The zero-order chi connectivity index (χ0) is 11.5. The Balaban J connectivity index is 2.92. The minimum absolute atomic E-state index is 0.0510. The van der Waals surface area contributed by atoms with Crippen LogP contribution in [0.2, 0.25) is 5.02 Å². The molecule has 1 atom stereocenters. The van der Waals surface area contributed by atoms with Gasteiger partial charge in [0.05, 0.1) is 0 Å². The molecule has 0 amide bonds. The Bertz CT molecular complexity index is 334. The van der Waals surface area contributed by atoms with E-state index in [9.17, 15) is 9.50 Å². The lowest BCUT2D eigenvalue weighted by atomic mass is 9.82. The van der Waals surface area contributed by atoms with Crippen molar-refractivity contribution in [3.63, 3.8) is 0 Å². The Hall–Kier alpha value is -0.600. The normalized spacial score (nSPS) is 15.0. The summed E-state index contributed by atoms with van der Waals surface area (Å²) in [6.07, 6.45) is 1.31. The molecule has 0 fully saturated rings. The number of benzene rings is 1. The first-order chi connectivity index (χ1) is 7.00. The molecule has 0 saturated carbocycles. The monoisotopic (exact) mass is 230 g/mol. The molecule has 0 heterocycles. The van der Waals surface area contributed by atoms with Gasteiger partial charge < -0.3 is 5.11 Å². The van der Waals surface area contributed by atoms with E-state index in [4.69, 9.17) is 11.6 Å². The van der Waals surface area contributed by atoms with Crippen LogP contribution in [0.25, 0.3) is 0 Å². The topological polar surface area (TPSA) is 20.2 Å². The van der Waals surface area contributed by atoms with Crippen molar-refractivity contribution in [1.29, 1.82) is 0 Å². The highest BCUT2D eigenvalue weighted by Crippen LogP contribution is 2.28. The fourth-order valence-corrected chi connectivity index (χ4v) is 1.63. The van der Waals surface area contributed by atoms with Crippen molar-refractivity contribution >= 4 is 11.6 Å². The van der Waals surface area contributed by atoms with Crippen LogP contribution in [-0.2, 0) is 6.42 Å². The largest absolute Gasteiger partial charge is 0.396 e. The van der Waals surface area contributed by atoms with Gasteiger partial charge in [-0.3, -0.25) is 0 Å². The molecule has 0 saturated heterocycles. The molecule has 15 heavy (non-hydrogen) atoms. The standard InChI is InChI=1S/C12H16ClFO/c1-3-12(2,8-15)7-9-6-10(13)4-5-11(9)14/h4-6,15H,3,7-8H2,1-2H3. The van der Waals surface area contributed by atoms with E-state index in [-0.39, 0.29) is 17.8 Å². The lowest BCUT2D eigenvalue weighted by Crippen LogP contribution is -2.23. The Kier molecular flexibility index (Phi) is 4.12. The molecule has 84 valence electrons. The lowest BCUT2D eigenvalue weighted by molar-refractivity contribution is 0.137. The highest BCUT2D eigenvalue weighted by atomic mass is 35.5. The fourth-order valence-electron chi connectivity index (χ4n) is 1.43. The molecule has 3 heteroatoms. The smallest absolute Gasteiger partial charge is 0.126 e. The molecule has 0 bridgehead atoms. The van der Waals surface area contributed by atoms with Gasteiger partial charge in [0.25, 0.3) is 0 Å². The number of rotatable bonds is 4. The maximum Gasteiger partial charge on any atom is 0.126 e. The van der Waals surface area contributed by atoms with E-state index in [0.29, 0.717) is 17.0 Å². The summed E-state index contributed by atoms with van der Waals surface area (Å²) in [4.78, 5) is 0. The molecule has 0 aliphatic carbocycles. The third-order valence-electron chi connectivity index (χ3n) is 2.86. The van der Waals surface area contributed by atoms with Crippen LogP contribution in [0.1, 0.15) is 25.8 Å². The second-order valence-electron chi connectivity index (χ2n) is 4.23. The van der Waals surface area contributed by atoms with Crippen molar-refractivity contribution in [3.05, 3.63) is 34.6 Å². The summed E-state index contributed by atoms with van der Waals surface area (Å²) in [5.74, 6) is -0.257. The summed E-state index contributed by atoms with van der Waals surface area (Å²) in [6, 6.07) is 4.52. The number of aliphatic hydroxyl groups excluding tert-OH is 1. The van der Waals surface area contributed by atoms with Gasteiger partial charge in [0.15, 0.2) is 0 Å². The van der Waals surface area contributed by atoms with Crippen molar-refractivity contribution in [3.8, 4) is 0 Å². The molecule has 0 aliphatic heterocycles. The summed E-state index contributed by atoms with van der Waals surface area (Å²) in [6.45, 7) is 3.97. The van der Waals surface area contributed by atoms with Gasteiger partial charge >= 0.3 is 0 Å². The third kappa shape index (κ3) is 3.18. The van der Waals surface area contributed by atoms with E-state index in [1.165, 1.54) is 12.1 Å². The Morgan fingerprint density at radius 2 is 2.13 bits per heavy atom. The van der Waals surface area contributed by atoms with E-state index >= 15 is 0 Å². The van der Waals surface area contributed by atoms with Crippen LogP contribution in [-0.4, -0.2) is 11.7 Å². The maximum atomic E-state index is 13.4. The Labute approximate surface area is 94.9 Å². The summed E-state index contributed by atoms with van der Waals surface area (Å²) in [7, 11) is 0. The molecule has 1 nitrogen and oxygen atoms in total. The Morgan fingerprint density at radius 3 is 2.67 bits per heavy atom. The highest BCUT2D eigenvalue weighted by Gasteiger charge is 2.23. The van der Waals surface area contributed by atoms with Gasteiger partial charge in [0.2, 0.25) is 0 Å². The Morgan fingerprint density at radius 1 is 1.47 bits per heavy atom. The third-order valence-corrected chi connectivity index (χ3v) is 3.10. The second kappa shape index (κ2) is 4.95. The fraction of sp³-hybridized carbons (Fsp3) is 0.500. The molecule has 1 rings (SSSR count). The lowest BCUT2D eigenvalue weighted by Gasteiger charge is -2.25. The molecule has 0 radical (unpaired) electrons. The first kappa shape index (κ1) is 12.5. The van der Waals surface area contributed by atoms with E-state index in [1.807, 2.05) is 13.8 Å². The van der Waals surface area contributed by atoms with Crippen molar-refractivity contribution in [2.24, 2.45) is 5.41 Å². The van der Waals surface area contributed by atoms with Crippen LogP contribution >= 0.6 is 11.6 Å². The molecule has 1 aromatic rings. The average Bonchev–Trinajstić information content (AvgIpc) is 2.23. The number of halogens is 2. The predicted octanol–water partition coefficient (Wildman–Crippen LogP) is 3.43. The molecular weight excluding hydrogens is 215 g/mol. The first-order valence-electron chi connectivity index (χ1n) is 5.05. The van der Waals surface area contributed by atoms with Crippen molar-refractivity contribution in [1.82, 2.24) is 0 Å². The summed E-state index contributed by atoms with van der Waals surface area (Å²) in [5.41, 5.74) is 0.298. The van der Waals surface area contributed by atoms with Gasteiger partial charge in [-0.1, -0.05) is 25.4 Å². The average molecular weight is 231 g/mol. The summed E-state index contributed by atoms with van der Waals surface area (Å²) >= 11 is 5.80. The molecular formula is C12H16ClFO. The van der Waals surface area contributed by atoms with Gasteiger partial charge in [-0.15, -0.1) is 0 Å².